The highest BCUT2D eigenvalue weighted by Crippen LogP contribution is 2.36. The first-order valence-electron chi connectivity index (χ1n) is 14.2. The van der Waals surface area contributed by atoms with E-state index in [0.29, 0.717) is 24.3 Å². The number of halogens is 1. The number of ether oxygens (including phenoxy) is 2. The molecule has 0 bridgehead atoms. The van der Waals surface area contributed by atoms with Gasteiger partial charge in [-0.1, -0.05) is 43.6 Å². The number of carbonyl (C=O) groups excluding carboxylic acids is 2. The van der Waals surface area contributed by atoms with Crippen LogP contribution in [-0.2, 0) is 26.2 Å². The molecule has 0 saturated carbocycles. The topological polar surface area (TPSA) is 148 Å². The van der Waals surface area contributed by atoms with Gasteiger partial charge in [-0.15, -0.1) is 0 Å². The summed E-state index contributed by atoms with van der Waals surface area (Å²) in [6, 6.07) is 13.8. The van der Waals surface area contributed by atoms with E-state index in [9.17, 15) is 28.1 Å². The summed E-state index contributed by atoms with van der Waals surface area (Å²) >= 11 is 6.27. The molecular weight excluding hydrogens is 624 g/mol. The number of benzene rings is 3. The number of amides is 2. The maximum Gasteiger partial charge on any atom is 0.273 e. The summed E-state index contributed by atoms with van der Waals surface area (Å²) < 4.78 is 39.9. The number of nitrogens with zero attached hydrogens (tertiary/aromatic N) is 3. The average Bonchev–Trinajstić information content (AvgIpc) is 3.02. The van der Waals surface area contributed by atoms with Crippen LogP contribution in [0.2, 0.25) is 5.02 Å². The van der Waals surface area contributed by atoms with E-state index in [-0.39, 0.29) is 40.9 Å². The fourth-order valence-electron chi connectivity index (χ4n) is 4.66. The van der Waals surface area contributed by atoms with E-state index in [2.05, 4.69) is 5.32 Å². The molecular formula is C31H37ClN4O8S. The highest BCUT2D eigenvalue weighted by molar-refractivity contribution is 7.92. The molecule has 45 heavy (non-hydrogen) atoms. The second kappa shape index (κ2) is 15.6. The van der Waals surface area contributed by atoms with Gasteiger partial charge in [0, 0.05) is 29.7 Å². The predicted molar refractivity (Wildman–Crippen MR) is 171 cm³/mol. The lowest BCUT2D eigenvalue weighted by Gasteiger charge is -2.33. The molecule has 3 aromatic rings. The number of aryl methyl sites for hydroxylation is 1. The Balaban J connectivity index is 2.17. The Kier molecular flexibility index (Phi) is 12.2. The van der Waals surface area contributed by atoms with E-state index in [4.69, 9.17) is 21.1 Å². The van der Waals surface area contributed by atoms with Crippen molar-refractivity contribution < 1.29 is 32.4 Å². The second-order valence-corrected chi connectivity index (χ2v) is 12.4. The highest BCUT2D eigenvalue weighted by atomic mass is 35.5. The SMILES string of the molecule is CCCNC(=O)[C@@H](CC)N(Cc1ccc(OC)cc1)C(=O)CN(c1cc(Cl)ccc1OC)S(=O)(=O)c1ccc(C)c([N+](=O)[O-])c1. The Bertz CT molecular complexity index is 1630. The second-order valence-electron chi connectivity index (χ2n) is 10.1. The van der Waals surface area contributed by atoms with Crippen LogP contribution in [0.1, 0.15) is 37.8 Å². The molecule has 12 nitrogen and oxygen atoms in total. The normalized spacial score (nSPS) is 11.8. The first kappa shape index (κ1) is 35.1. The van der Waals surface area contributed by atoms with Crippen molar-refractivity contribution in [1.82, 2.24) is 10.2 Å². The molecule has 1 atom stereocenters. The molecule has 3 aromatic carbocycles. The van der Waals surface area contributed by atoms with Gasteiger partial charge in [0.1, 0.15) is 24.1 Å². The average molecular weight is 661 g/mol. The third-order valence-corrected chi connectivity index (χ3v) is 9.09. The smallest absolute Gasteiger partial charge is 0.273 e. The molecule has 0 aromatic heterocycles. The third kappa shape index (κ3) is 8.43. The number of sulfonamides is 1. The van der Waals surface area contributed by atoms with Crippen LogP contribution < -0.4 is 19.1 Å². The minimum absolute atomic E-state index is 0.0164. The van der Waals surface area contributed by atoms with Crippen molar-refractivity contribution in [2.45, 2.75) is 51.1 Å². The van der Waals surface area contributed by atoms with Crippen molar-refractivity contribution in [3.8, 4) is 11.5 Å². The number of methoxy groups -OCH3 is 2. The molecule has 0 spiro atoms. The zero-order chi connectivity index (χ0) is 33.3. The number of hydrogen-bond donors (Lipinski definition) is 1. The number of nitrogens with one attached hydrogen (secondary N) is 1. The van der Waals surface area contributed by atoms with Crippen molar-refractivity contribution in [3.63, 3.8) is 0 Å². The lowest BCUT2D eigenvalue weighted by Crippen LogP contribution is -2.52. The van der Waals surface area contributed by atoms with Crippen LogP contribution in [0.4, 0.5) is 11.4 Å². The fourth-order valence-corrected chi connectivity index (χ4v) is 6.26. The van der Waals surface area contributed by atoms with Crippen molar-refractivity contribution in [1.29, 1.82) is 0 Å². The van der Waals surface area contributed by atoms with Gasteiger partial charge in [0.2, 0.25) is 11.8 Å². The largest absolute Gasteiger partial charge is 0.497 e. The van der Waals surface area contributed by atoms with Crippen molar-refractivity contribution >= 4 is 44.8 Å². The molecule has 0 fully saturated rings. The summed E-state index contributed by atoms with van der Waals surface area (Å²) in [5.74, 6) is -0.393. The van der Waals surface area contributed by atoms with Crippen LogP contribution in [0.15, 0.2) is 65.6 Å². The molecule has 0 unspecified atom stereocenters. The molecule has 1 N–H and O–H groups in total. The monoisotopic (exact) mass is 660 g/mol. The number of nitro groups is 1. The zero-order valence-electron chi connectivity index (χ0n) is 25.8. The minimum Gasteiger partial charge on any atom is -0.497 e. The van der Waals surface area contributed by atoms with Crippen LogP contribution >= 0.6 is 11.6 Å². The number of nitro benzene ring substituents is 1. The van der Waals surface area contributed by atoms with E-state index >= 15 is 0 Å². The Hall–Kier alpha value is -4.36. The molecule has 0 aliphatic carbocycles. The van der Waals surface area contributed by atoms with Gasteiger partial charge in [-0.3, -0.25) is 24.0 Å². The van der Waals surface area contributed by atoms with E-state index < -0.39 is 44.0 Å². The maximum absolute atomic E-state index is 14.3. The molecule has 0 aliphatic rings. The maximum atomic E-state index is 14.3. The summed E-state index contributed by atoms with van der Waals surface area (Å²) in [5.41, 5.74) is 0.473. The summed E-state index contributed by atoms with van der Waals surface area (Å²) in [4.78, 5) is 39.4. The number of hydrogen-bond acceptors (Lipinski definition) is 8. The summed E-state index contributed by atoms with van der Waals surface area (Å²) in [6.45, 7) is 4.75. The number of carbonyl (C=O) groups is 2. The van der Waals surface area contributed by atoms with Crippen LogP contribution in [-0.4, -0.2) is 63.4 Å². The third-order valence-electron chi connectivity index (χ3n) is 7.10. The van der Waals surface area contributed by atoms with Crippen LogP contribution in [0.3, 0.4) is 0 Å². The summed E-state index contributed by atoms with van der Waals surface area (Å²) in [5, 5.41) is 14.7. The lowest BCUT2D eigenvalue weighted by atomic mass is 10.1. The molecule has 0 heterocycles. The molecule has 2 amide bonds. The number of anilines is 1. The predicted octanol–water partition coefficient (Wildman–Crippen LogP) is 5.10. The van der Waals surface area contributed by atoms with Gasteiger partial charge in [0.25, 0.3) is 15.7 Å². The van der Waals surface area contributed by atoms with Crippen molar-refractivity contribution in [3.05, 3.63) is 86.9 Å². The van der Waals surface area contributed by atoms with Gasteiger partial charge in [-0.2, -0.15) is 0 Å². The molecule has 0 saturated heterocycles. The molecule has 0 radical (unpaired) electrons. The van der Waals surface area contributed by atoms with Crippen LogP contribution in [0.5, 0.6) is 11.5 Å². The molecule has 0 aliphatic heterocycles. The van der Waals surface area contributed by atoms with Crippen molar-refractivity contribution in [2.75, 3.05) is 31.6 Å². The van der Waals surface area contributed by atoms with Gasteiger partial charge in [0.05, 0.1) is 29.7 Å². The standard InChI is InChI=1S/C31H37ClN4O8S/c1-6-16-33-31(38)26(7-2)34(19-22-9-12-24(43-4)13-10-22)30(37)20-35(28-17-23(32)11-15-29(28)44-5)45(41,42)25-14-8-21(3)27(18-25)36(39)40/h8-15,17-18,26H,6-7,16,19-20H2,1-5H3,(H,33,38)/t26-/m1/s1. The van der Waals surface area contributed by atoms with Crippen molar-refractivity contribution in [2.24, 2.45) is 0 Å². The Morgan fingerprint density at radius 2 is 1.71 bits per heavy atom. The Morgan fingerprint density at radius 3 is 2.29 bits per heavy atom. The fraction of sp³-hybridized carbons (Fsp3) is 0.355. The Labute approximate surface area is 268 Å². The van der Waals surface area contributed by atoms with Gasteiger partial charge in [0.15, 0.2) is 0 Å². The minimum atomic E-state index is -4.63. The van der Waals surface area contributed by atoms with Gasteiger partial charge in [-0.25, -0.2) is 8.42 Å². The molecule has 242 valence electrons. The summed E-state index contributed by atoms with van der Waals surface area (Å²) in [6.07, 6.45) is 0.923. The van der Waals surface area contributed by atoms with E-state index in [1.165, 1.54) is 56.4 Å². The molecule has 14 heteroatoms. The highest BCUT2D eigenvalue weighted by Gasteiger charge is 2.35. The van der Waals surface area contributed by atoms with E-state index in [1.807, 2.05) is 6.92 Å². The first-order valence-corrected chi connectivity index (χ1v) is 16.0. The Morgan fingerprint density at radius 1 is 1.02 bits per heavy atom. The lowest BCUT2D eigenvalue weighted by molar-refractivity contribution is -0.385. The van der Waals surface area contributed by atoms with E-state index in [1.54, 1.807) is 31.2 Å². The van der Waals surface area contributed by atoms with Gasteiger partial charge < -0.3 is 19.7 Å². The molecule has 3 rings (SSSR count). The van der Waals surface area contributed by atoms with E-state index in [0.717, 1.165) is 10.4 Å². The quantitative estimate of drug-likeness (QED) is 0.175. The van der Waals surface area contributed by atoms with Gasteiger partial charge >= 0.3 is 0 Å². The summed E-state index contributed by atoms with van der Waals surface area (Å²) in [7, 11) is -1.77. The number of rotatable bonds is 15. The van der Waals surface area contributed by atoms with Gasteiger partial charge in [-0.05, 0) is 61.7 Å². The van der Waals surface area contributed by atoms with Crippen LogP contribution in [0.25, 0.3) is 0 Å². The zero-order valence-corrected chi connectivity index (χ0v) is 27.4. The first-order chi connectivity index (χ1) is 21.4. The van der Waals surface area contributed by atoms with Crippen LogP contribution in [0, 0.1) is 17.0 Å².